The molecule has 0 aliphatic heterocycles. The Morgan fingerprint density at radius 3 is 2.71 bits per heavy atom. The first-order valence-electron chi connectivity index (χ1n) is 5.62. The van der Waals surface area contributed by atoms with Crippen LogP contribution in [-0.4, -0.2) is 11.3 Å². The van der Waals surface area contributed by atoms with Crippen LogP contribution in [0, 0.1) is 13.8 Å². The average molecular weight is 245 g/mol. The summed E-state index contributed by atoms with van der Waals surface area (Å²) in [5.74, 6) is -0.116. The maximum Gasteiger partial charge on any atom is 0.130 e. The molecule has 0 aliphatic carbocycles. The summed E-state index contributed by atoms with van der Waals surface area (Å²) < 4.78 is 0. The van der Waals surface area contributed by atoms with E-state index in [1.54, 1.807) is 11.3 Å². The zero-order chi connectivity index (χ0) is 12.3. The predicted molar refractivity (Wildman–Crippen MR) is 70.5 cm³/mol. The molecular formula is C14H15NOS. The first kappa shape index (κ1) is 12.0. The van der Waals surface area contributed by atoms with E-state index in [9.17, 15) is 4.79 Å². The third-order valence-electron chi connectivity index (χ3n) is 2.82. The van der Waals surface area contributed by atoms with Crippen molar-refractivity contribution in [2.45, 2.75) is 26.2 Å². The summed E-state index contributed by atoms with van der Waals surface area (Å²) in [4.78, 5) is 15.6. The Kier molecular flexibility index (Phi) is 3.69. The summed E-state index contributed by atoms with van der Waals surface area (Å²) in [6.45, 7) is 4.03. The number of aryl methyl sites for hydroxylation is 2. The van der Waals surface area contributed by atoms with Crippen LogP contribution in [0.1, 0.15) is 27.7 Å². The van der Waals surface area contributed by atoms with Crippen molar-refractivity contribution in [3.63, 3.8) is 0 Å². The van der Waals surface area contributed by atoms with Crippen molar-refractivity contribution in [3.05, 3.63) is 51.5 Å². The summed E-state index contributed by atoms with van der Waals surface area (Å²) in [7, 11) is 0. The van der Waals surface area contributed by atoms with Gasteiger partial charge in [-0.1, -0.05) is 24.3 Å². The van der Waals surface area contributed by atoms with Crippen LogP contribution in [0.3, 0.4) is 0 Å². The normalized spacial score (nSPS) is 12.4. The lowest BCUT2D eigenvalue weighted by Gasteiger charge is -2.09. The SMILES string of the molecule is Cc1csc(C(C=O)Cc2ccccc2C)n1. The molecule has 2 aromatic rings. The average Bonchev–Trinajstić information content (AvgIpc) is 2.75. The van der Waals surface area contributed by atoms with Crippen LogP contribution >= 0.6 is 11.3 Å². The number of hydrogen-bond acceptors (Lipinski definition) is 3. The lowest BCUT2D eigenvalue weighted by atomic mass is 9.97. The molecule has 0 aliphatic rings. The topological polar surface area (TPSA) is 30.0 Å². The van der Waals surface area contributed by atoms with Crippen molar-refractivity contribution in [1.29, 1.82) is 0 Å². The maximum absolute atomic E-state index is 11.2. The summed E-state index contributed by atoms with van der Waals surface area (Å²) in [5, 5.41) is 2.91. The Balaban J connectivity index is 2.21. The van der Waals surface area contributed by atoms with Gasteiger partial charge in [0.1, 0.15) is 11.3 Å². The Labute approximate surface area is 105 Å². The fraction of sp³-hybridized carbons (Fsp3) is 0.286. The molecule has 1 atom stereocenters. The monoisotopic (exact) mass is 245 g/mol. The van der Waals surface area contributed by atoms with Crippen molar-refractivity contribution in [2.24, 2.45) is 0 Å². The third kappa shape index (κ3) is 2.80. The highest BCUT2D eigenvalue weighted by Crippen LogP contribution is 2.23. The molecule has 0 bridgehead atoms. The maximum atomic E-state index is 11.2. The van der Waals surface area contributed by atoms with Crippen LogP contribution in [0.25, 0.3) is 0 Å². The molecule has 0 amide bonds. The van der Waals surface area contributed by atoms with E-state index >= 15 is 0 Å². The highest BCUT2D eigenvalue weighted by atomic mass is 32.1. The summed E-state index contributed by atoms with van der Waals surface area (Å²) in [5.41, 5.74) is 3.44. The molecular weight excluding hydrogens is 230 g/mol. The van der Waals surface area contributed by atoms with E-state index in [1.807, 2.05) is 24.4 Å². The molecule has 1 aromatic carbocycles. The molecule has 17 heavy (non-hydrogen) atoms. The van der Waals surface area contributed by atoms with Crippen LogP contribution in [0.15, 0.2) is 29.6 Å². The number of nitrogens with zero attached hydrogens (tertiary/aromatic N) is 1. The highest BCUT2D eigenvalue weighted by Gasteiger charge is 2.15. The van der Waals surface area contributed by atoms with Gasteiger partial charge in [-0.2, -0.15) is 0 Å². The molecule has 0 N–H and O–H groups in total. The minimum Gasteiger partial charge on any atom is -0.303 e. The Bertz CT molecular complexity index is 518. The molecule has 1 heterocycles. The van der Waals surface area contributed by atoms with E-state index in [4.69, 9.17) is 0 Å². The molecule has 88 valence electrons. The van der Waals surface area contributed by atoms with Crippen LogP contribution in [0.5, 0.6) is 0 Å². The highest BCUT2D eigenvalue weighted by molar-refractivity contribution is 7.09. The quantitative estimate of drug-likeness (QED) is 0.774. The second-order valence-electron chi connectivity index (χ2n) is 4.20. The van der Waals surface area contributed by atoms with Gasteiger partial charge in [-0.3, -0.25) is 0 Å². The van der Waals surface area contributed by atoms with E-state index in [-0.39, 0.29) is 5.92 Å². The van der Waals surface area contributed by atoms with Crippen LogP contribution in [-0.2, 0) is 11.2 Å². The van der Waals surface area contributed by atoms with Gasteiger partial charge in [0, 0.05) is 11.1 Å². The van der Waals surface area contributed by atoms with E-state index < -0.39 is 0 Å². The van der Waals surface area contributed by atoms with Gasteiger partial charge in [0.05, 0.1) is 5.92 Å². The zero-order valence-corrected chi connectivity index (χ0v) is 10.8. The van der Waals surface area contributed by atoms with Crippen LogP contribution in [0.4, 0.5) is 0 Å². The molecule has 1 unspecified atom stereocenters. The second kappa shape index (κ2) is 5.23. The smallest absolute Gasteiger partial charge is 0.130 e. The largest absolute Gasteiger partial charge is 0.303 e. The van der Waals surface area contributed by atoms with E-state index in [0.717, 1.165) is 23.4 Å². The van der Waals surface area contributed by atoms with Crippen LogP contribution < -0.4 is 0 Å². The van der Waals surface area contributed by atoms with Gasteiger partial charge in [-0.25, -0.2) is 4.98 Å². The lowest BCUT2D eigenvalue weighted by Crippen LogP contribution is -2.05. The molecule has 2 rings (SSSR count). The lowest BCUT2D eigenvalue weighted by molar-refractivity contribution is -0.109. The van der Waals surface area contributed by atoms with Gasteiger partial charge in [-0.15, -0.1) is 11.3 Å². The van der Waals surface area contributed by atoms with Crippen molar-refractivity contribution >= 4 is 17.6 Å². The van der Waals surface area contributed by atoms with E-state index in [2.05, 4.69) is 24.0 Å². The number of benzene rings is 1. The van der Waals surface area contributed by atoms with E-state index in [1.165, 1.54) is 11.1 Å². The number of carbonyl (C=O) groups excluding carboxylic acids is 1. The molecule has 1 aromatic heterocycles. The molecule has 2 nitrogen and oxygen atoms in total. The third-order valence-corrected chi connectivity index (χ3v) is 3.91. The van der Waals surface area contributed by atoms with Gasteiger partial charge < -0.3 is 4.79 Å². The molecule has 0 saturated heterocycles. The first-order valence-corrected chi connectivity index (χ1v) is 6.50. The number of thiazole rings is 1. The standard InChI is InChI=1S/C14H15NOS/c1-10-5-3-4-6-12(10)7-13(8-16)14-15-11(2)9-17-14/h3-6,8-9,13H,7H2,1-2H3. The van der Waals surface area contributed by atoms with Crippen molar-refractivity contribution in [3.8, 4) is 0 Å². The van der Waals surface area contributed by atoms with Crippen LogP contribution in [0.2, 0.25) is 0 Å². The molecule has 3 heteroatoms. The number of aldehydes is 1. The van der Waals surface area contributed by atoms with Crippen molar-refractivity contribution in [1.82, 2.24) is 4.98 Å². The molecule has 0 spiro atoms. The number of hydrogen-bond donors (Lipinski definition) is 0. The van der Waals surface area contributed by atoms with E-state index in [0.29, 0.717) is 0 Å². The fourth-order valence-electron chi connectivity index (χ4n) is 1.81. The minimum atomic E-state index is -0.116. The Hall–Kier alpha value is -1.48. The molecule has 0 saturated carbocycles. The number of carbonyl (C=O) groups is 1. The number of aromatic nitrogens is 1. The van der Waals surface area contributed by atoms with Gasteiger partial charge in [-0.05, 0) is 31.4 Å². The molecule has 0 fully saturated rings. The Morgan fingerprint density at radius 2 is 2.12 bits per heavy atom. The molecule has 0 radical (unpaired) electrons. The Morgan fingerprint density at radius 1 is 1.35 bits per heavy atom. The summed E-state index contributed by atoms with van der Waals surface area (Å²) in [6.07, 6.45) is 1.74. The summed E-state index contributed by atoms with van der Waals surface area (Å²) >= 11 is 1.56. The van der Waals surface area contributed by atoms with Gasteiger partial charge >= 0.3 is 0 Å². The fourth-order valence-corrected chi connectivity index (χ4v) is 2.67. The summed E-state index contributed by atoms with van der Waals surface area (Å²) in [6, 6.07) is 8.18. The van der Waals surface area contributed by atoms with Gasteiger partial charge in [0.25, 0.3) is 0 Å². The van der Waals surface area contributed by atoms with Crippen molar-refractivity contribution in [2.75, 3.05) is 0 Å². The number of rotatable bonds is 4. The first-order chi connectivity index (χ1) is 8.20. The van der Waals surface area contributed by atoms with Crippen molar-refractivity contribution < 1.29 is 4.79 Å². The van der Waals surface area contributed by atoms with Gasteiger partial charge in [0.15, 0.2) is 0 Å². The predicted octanol–water partition coefficient (Wildman–Crippen LogP) is 3.29. The second-order valence-corrected chi connectivity index (χ2v) is 5.09. The minimum absolute atomic E-state index is 0.116. The zero-order valence-electron chi connectivity index (χ0n) is 10.0. The van der Waals surface area contributed by atoms with Gasteiger partial charge in [0.2, 0.25) is 0 Å².